The third-order valence-corrected chi connectivity index (χ3v) is 3.93. The second kappa shape index (κ2) is 6.68. The maximum Gasteiger partial charge on any atom is 0.128 e. The van der Waals surface area contributed by atoms with E-state index in [2.05, 4.69) is 4.98 Å². The summed E-state index contributed by atoms with van der Waals surface area (Å²) >= 11 is 0. The molecule has 0 amide bonds. The molecule has 0 bridgehead atoms. The van der Waals surface area contributed by atoms with Crippen LogP contribution in [-0.4, -0.2) is 12.0 Å². The van der Waals surface area contributed by atoms with E-state index in [0.29, 0.717) is 5.56 Å². The highest BCUT2D eigenvalue weighted by Gasteiger charge is 2.16. The van der Waals surface area contributed by atoms with Crippen LogP contribution in [0.1, 0.15) is 43.6 Å². The number of anilines is 1. The summed E-state index contributed by atoms with van der Waals surface area (Å²) in [4.78, 5) is 6.42. The number of nitrogens with two attached hydrogens (primary N) is 1. The molecule has 0 spiro atoms. The Hall–Kier alpha value is -1.94. The fourth-order valence-corrected chi connectivity index (χ4v) is 2.28. The van der Waals surface area contributed by atoms with Gasteiger partial charge < -0.3 is 10.6 Å². The second-order valence-corrected chi connectivity index (χ2v) is 5.26. The van der Waals surface area contributed by atoms with Gasteiger partial charge in [0.25, 0.3) is 0 Å². The van der Waals surface area contributed by atoms with Crippen LogP contribution < -0.4 is 10.6 Å². The summed E-state index contributed by atoms with van der Waals surface area (Å²) in [5.74, 6) is -0.186. The zero-order valence-corrected chi connectivity index (χ0v) is 12.8. The Balaban J connectivity index is 2.20. The lowest BCUT2D eigenvalue weighted by atomic mass is 10.1. The van der Waals surface area contributed by atoms with Crippen molar-refractivity contribution in [3.05, 3.63) is 59.7 Å². The number of nitrogens with zero attached hydrogens (tertiary/aromatic N) is 2. The molecule has 1 aromatic carbocycles. The molecule has 1 heterocycles. The summed E-state index contributed by atoms with van der Waals surface area (Å²) in [6.07, 6.45) is 2.65. The minimum absolute atomic E-state index is 0.0339. The predicted molar refractivity (Wildman–Crippen MR) is 84.7 cm³/mol. The second-order valence-electron chi connectivity index (χ2n) is 5.26. The van der Waals surface area contributed by atoms with Crippen LogP contribution in [0.25, 0.3) is 0 Å². The Morgan fingerprint density at radius 2 is 1.95 bits per heavy atom. The van der Waals surface area contributed by atoms with E-state index < -0.39 is 0 Å². The number of hydrogen-bond donors (Lipinski definition) is 1. The highest BCUT2D eigenvalue weighted by Crippen LogP contribution is 2.27. The smallest absolute Gasteiger partial charge is 0.128 e. The lowest BCUT2D eigenvalue weighted by Crippen LogP contribution is -2.23. The van der Waals surface area contributed by atoms with Gasteiger partial charge in [-0.15, -0.1) is 0 Å². The van der Waals surface area contributed by atoms with E-state index in [1.807, 2.05) is 50.1 Å². The standard InChI is InChI=1S/C17H22FN3/c1-4-16(19)17-10-9-13(11-20-17)21(3)12(2)14-7-5-6-8-15(14)18/h5-12,16H,4,19H2,1-3H3. The van der Waals surface area contributed by atoms with Gasteiger partial charge in [-0.1, -0.05) is 25.1 Å². The van der Waals surface area contributed by atoms with Gasteiger partial charge in [0, 0.05) is 18.7 Å². The number of rotatable bonds is 5. The summed E-state index contributed by atoms with van der Waals surface area (Å²) in [7, 11) is 1.94. The molecule has 4 heteroatoms. The van der Waals surface area contributed by atoms with E-state index in [1.165, 1.54) is 6.07 Å². The Morgan fingerprint density at radius 3 is 2.52 bits per heavy atom. The SMILES string of the molecule is CCC(N)c1ccc(N(C)C(C)c2ccccc2F)cn1. The lowest BCUT2D eigenvalue weighted by Gasteiger charge is -2.27. The minimum Gasteiger partial charge on any atom is -0.366 e. The van der Waals surface area contributed by atoms with Crippen LogP contribution in [0.4, 0.5) is 10.1 Å². The van der Waals surface area contributed by atoms with Gasteiger partial charge in [0.1, 0.15) is 5.82 Å². The van der Waals surface area contributed by atoms with Crippen LogP contribution >= 0.6 is 0 Å². The third kappa shape index (κ3) is 3.39. The van der Waals surface area contributed by atoms with E-state index >= 15 is 0 Å². The van der Waals surface area contributed by atoms with E-state index in [4.69, 9.17) is 5.73 Å². The summed E-state index contributed by atoms with van der Waals surface area (Å²) in [6, 6.07) is 10.7. The molecule has 2 aromatic rings. The summed E-state index contributed by atoms with van der Waals surface area (Å²) in [6.45, 7) is 4.01. The molecule has 2 N–H and O–H groups in total. The summed E-state index contributed by atoms with van der Waals surface area (Å²) < 4.78 is 13.9. The van der Waals surface area contributed by atoms with Gasteiger partial charge in [0.15, 0.2) is 0 Å². The molecule has 0 aliphatic rings. The lowest BCUT2D eigenvalue weighted by molar-refractivity contribution is 0.585. The van der Waals surface area contributed by atoms with Crippen molar-refractivity contribution in [3.8, 4) is 0 Å². The van der Waals surface area contributed by atoms with E-state index in [9.17, 15) is 4.39 Å². The zero-order chi connectivity index (χ0) is 15.4. The van der Waals surface area contributed by atoms with Gasteiger partial charge in [-0.3, -0.25) is 4.98 Å². The van der Waals surface area contributed by atoms with Crippen molar-refractivity contribution in [2.45, 2.75) is 32.4 Å². The Bertz CT molecular complexity index is 583. The number of halogens is 1. The molecule has 2 atom stereocenters. The van der Waals surface area contributed by atoms with Crippen molar-refractivity contribution in [1.29, 1.82) is 0 Å². The average molecular weight is 287 g/mol. The van der Waals surface area contributed by atoms with Gasteiger partial charge in [-0.25, -0.2) is 4.39 Å². The maximum absolute atomic E-state index is 13.9. The van der Waals surface area contributed by atoms with Gasteiger partial charge in [-0.05, 0) is 31.5 Å². The molecule has 0 aliphatic heterocycles. The average Bonchev–Trinajstić information content (AvgIpc) is 2.53. The predicted octanol–water partition coefficient (Wildman–Crippen LogP) is 3.83. The van der Waals surface area contributed by atoms with E-state index in [-0.39, 0.29) is 17.9 Å². The first-order valence-corrected chi connectivity index (χ1v) is 7.23. The molecular formula is C17H22FN3. The fourth-order valence-electron chi connectivity index (χ4n) is 2.28. The molecule has 0 saturated carbocycles. The first-order chi connectivity index (χ1) is 10.0. The molecule has 21 heavy (non-hydrogen) atoms. The molecule has 1 aromatic heterocycles. The van der Waals surface area contributed by atoms with Crippen molar-refractivity contribution >= 4 is 5.69 Å². The van der Waals surface area contributed by atoms with Crippen LogP contribution in [0, 0.1) is 5.82 Å². The van der Waals surface area contributed by atoms with Crippen molar-refractivity contribution in [2.75, 3.05) is 11.9 Å². The summed E-state index contributed by atoms with van der Waals surface area (Å²) in [5, 5.41) is 0. The van der Waals surface area contributed by atoms with Crippen LogP contribution in [0.2, 0.25) is 0 Å². The zero-order valence-electron chi connectivity index (χ0n) is 12.8. The first kappa shape index (κ1) is 15.4. The van der Waals surface area contributed by atoms with Crippen LogP contribution in [0.15, 0.2) is 42.6 Å². The van der Waals surface area contributed by atoms with E-state index in [0.717, 1.165) is 17.8 Å². The largest absolute Gasteiger partial charge is 0.366 e. The highest BCUT2D eigenvalue weighted by molar-refractivity contribution is 5.46. The van der Waals surface area contributed by atoms with Crippen molar-refractivity contribution in [2.24, 2.45) is 5.73 Å². The monoisotopic (exact) mass is 287 g/mol. The van der Waals surface area contributed by atoms with Crippen molar-refractivity contribution in [3.63, 3.8) is 0 Å². The van der Waals surface area contributed by atoms with Crippen molar-refractivity contribution < 1.29 is 4.39 Å². The molecule has 2 rings (SSSR count). The van der Waals surface area contributed by atoms with Crippen molar-refractivity contribution in [1.82, 2.24) is 4.98 Å². The number of hydrogen-bond acceptors (Lipinski definition) is 3. The number of benzene rings is 1. The van der Waals surface area contributed by atoms with Crippen LogP contribution in [0.5, 0.6) is 0 Å². The Morgan fingerprint density at radius 1 is 1.24 bits per heavy atom. The van der Waals surface area contributed by atoms with Gasteiger partial charge in [0.2, 0.25) is 0 Å². The molecule has 2 unspecified atom stereocenters. The normalized spacial score (nSPS) is 13.8. The topological polar surface area (TPSA) is 42.1 Å². The molecule has 112 valence electrons. The van der Waals surface area contributed by atoms with Gasteiger partial charge in [0.05, 0.1) is 23.6 Å². The van der Waals surface area contributed by atoms with Crippen LogP contribution in [0.3, 0.4) is 0 Å². The Kier molecular flexibility index (Phi) is 4.91. The first-order valence-electron chi connectivity index (χ1n) is 7.23. The number of pyridine rings is 1. The minimum atomic E-state index is -0.186. The highest BCUT2D eigenvalue weighted by atomic mass is 19.1. The third-order valence-electron chi connectivity index (χ3n) is 3.93. The summed E-state index contributed by atoms with van der Waals surface area (Å²) in [5.41, 5.74) is 8.47. The molecule has 0 saturated heterocycles. The van der Waals surface area contributed by atoms with E-state index in [1.54, 1.807) is 12.3 Å². The maximum atomic E-state index is 13.9. The quantitative estimate of drug-likeness (QED) is 0.908. The molecular weight excluding hydrogens is 265 g/mol. The molecule has 0 radical (unpaired) electrons. The van der Waals surface area contributed by atoms with Crippen LogP contribution in [-0.2, 0) is 0 Å². The Labute approximate surface area is 125 Å². The molecule has 0 aliphatic carbocycles. The number of aromatic nitrogens is 1. The fraction of sp³-hybridized carbons (Fsp3) is 0.353. The van der Waals surface area contributed by atoms with Gasteiger partial charge >= 0.3 is 0 Å². The van der Waals surface area contributed by atoms with Gasteiger partial charge in [-0.2, -0.15) is 0 Å². The molecule has 3 nitrogen and oxygen atoms in total. The molecule has 0 fully saturated rings.